The Hall–Kier alpha value is -2.41. The molecule has 1 atom stereocenters. The second-order valence-electron chi connectivity index (χ2n) is 5.18. The standard InChI is InChI=1S/C17H15BrFNO4/c1-9-3-5-12(15(21)7-9)17(23)24-10(2)16(22)20-14-6-4-11(18)8-13(14)19/h3-8,10,21H,1-2H3,(H,20,22)/t10-/m0/s1. The van der Waals surface area contributed by atoms with Crippen LogP contribution >= 0.6 is 15.9 Å². The summed E-state index contributed by atoms with van der Waals surface area (Å²) in [5.74, 6) is -2.37. The topological polar surface area (TPSA) is 75.6 Å². The van der Waals surface area contributed by atoms with Gasteiger partial charge in [-0.1, -0.05) is 22.0 Å². The lowest BCUT2D eigenvalue weighted by Crippen LogP contribution is -2.30. The fraction of sp³-hybridized carbons (Fsp3) is 0.176. The van der Waals surface area contributed by atoms with Crippen LogP contribution in [0.2, 0.25) is 0 Å². The molecule has 0 saturated carbocycles. The lowest BCUT2D eigenvalue weighted by Gasteiger charge is -2.14. The molecular formula is C17H15BrFNO4. The quantitative estimate of drug-likeness (QED) is 0.772. The number of aromatic hydroxyl groups is 1. The highest BCUT2D eigenvalue weighted by Crippen LogP contribution is 2.21. The van der Waals surface area contributed by atoms with Gasteiger partial charge in [-0.2, -0.15) is 0 Å². The molecule has 0 aliphatic heterocycles. The van der Waals surface area contributed by atoms with Gasteiger partial charge in [-0.25, -0.2) is 9.18 Å². The van der Waals surface area contributed by atoms with Crippen LogP contribution in [0.25, 0.3) is 0 Å². The average Bonchev–Trinajstić information content (AvgIpc) is 2.49. The number of benzene rings is 2. The van der Waals surface area contributed by atoms with Crippen molar-refractivity contribution in [2.45, 2.75) is 20.0 Å². The van der Waals surface area contributed by atoms with Crippen molar-refractivity contribution < 1.29 is 23.8 Å². The third-order valence-corrected chi connectivity index (χ3v) is 3.71. The Morgan fingerprint density at radius 1 is 1.25 bits per heavy atom. The predicted molar refractivity (Wildman–Crippen MR) is 90.5 cm³/mol. The molecule has 0 aliphatic carbocycles. The van der Waals surface area contributed by atoms with E-state index in [4.69, 9.17) is 4.74 Å². The summed E-state index contributed by atoms with van der Waals surface area (Å²) in [6.07, 6.45) is -1.17. The van der Waals surface area contributed by atoms with Crippen LogP contribution in [-0.4, -0.2) is 23.1 Å². The summed E-state index contributed by atoms with van der Waals surface area (Å²) in [5, 5.41) is 12.1. The van der Waals surface area contributed by atoms with E-state index in [9.17, 15) is 19.1 Å². The molecule has 2 aromatic carbocycles. The fourth-order valence-electron chi connectivity index (χ4n) is 1.92. The van der Waals surface area contributed by atoms with Gasteiger partial charge in [0, 0.05) is 4.47 Å². The van der Waals surface area contributed by atoms with E-state index in [1.807, 2.05) is 0 Å². The molecule has 0 saturated heterocycles. The second kappa shape index (κ2) is 7.44. The van der Waals surface area contributed by atoms with Crippen LogP contribution in [0, 0.1) is 12.7 Å². The maximum absolute atomic E-state index is 13.7. The van der Waals surface area contributed by atoms with Crippen molar-refractivity contribution in [3.05, 3.63) is 57.8 Å². The third kappa shape index (κ3) is 4.32. The number of carbonyl (C=O) groups excluding carboxylic acids is 2. The molecule has 7 heteroatoms. The van der Waals surface area contributed by atoms with Crippen molar-refractivity contribution in [2.24, 2.45) is 0 Å². The number of halogens is 2. The number of phenols is 1. The second-order valence-corrected chi connectivity index (χ2v) is 6.10. The van der Waals surface area contributed by atoms with Gasteiger partial charge in [-0.05, 0) is 49.7 Å². The summed E-state index contributed by atoms with van der Waals surface area (Å²) >= 11 is 3.12. The number of carbonyl (C=O) groups is 2. The van der Waals surface area contributed by atoms with Crippen LogP contribution in [-0.2, 0) is 9.53 Å². The van der Waals surface area contributed by atoms with Crippen molar-refractivity contribution in [1.82, 2.24) is 0 Å². The zero-order chi connectivity index (χ0) is 17.9. The summed E-state index contributed by atoms with van der Waals surface area (Å²) < 4.78 is 19.3. The van der Waals surface area contributed by atoms with Gasteiger partial charge < -0.3 is 15.2 Å². The first-order valence-electron chi connectivity index (χ1n) is 7.04. The Labute approximate surface area is 146 Å². The monoisotopic (exact) mass is 395 g/mol. The Morgan fingerprint density at radius 3 is 2.58 bits per heavy atom. The molecule has 1 amide bonds. The highest BCUT2D eigenvalue weighted by molar-refractivity contribution is 9.10. The number of aryl methyl sites for hydroxylation is 1. The van der Waals surface area contributed by atoms with Crippen LogP contribution in [0.5, 0.6) is 5.75 Å². The molecule has 0 unspecified atom stereocenters. The molecule has 0 aliphatic rings. The van der Waals surface area contributed by atoms with Gasteiger partial charge in [0.05, 0.1) is 5.69 Å². The van der Waals surface area contributed by atoms with Crippen molar-refractivity contribution in [3.63, 3.8) is 0 Å². The van der Waals surface area contributed by atoms with E-state index in [-0.39, 0.29) is 17.0 Å². The zero-order valence-electron chi connectivity index (χ0n) is 13.0. The van der Waals surface area contributed by atoms with Gasteiger partial charge >= 0.3 is 5.97 Å². The molecule has 2 N–H and O–H groups in total. The number of rotatable bonds is 4. The van der Waals surface area contributed by atoms with E-state index in [1.54, 1.807) is 19.1 Å². The lowest BCUT2D eigenvalue weighted by atomic mass is 10.1. The molecular weight excluding hydrogens is 381 g/mol. The Bertz CT molecular complexity index is 794. The third-order valence-electron chi connectivity index (χ3n) is 3.22. The number of esters is 1. The first-order chi connectivity index (χ1) is 11.3. The van der Waals surface area contributed by atoms with Crippen LogP contribution in [0.15, 0.2) is 40.9 Å². The minimum atomic E-state index is -1.17. The van der Waals surface area contributed by atoms with Crippen LogP contribution in [0.1, 0.15) is 22.8 Å². The number of anilines is 1. The number of phenolic OH excluding ortho intramolecular Hbond substituents is 1. The van der Waals surface area contributed by atoms with Crippen LogP contribution < -0.4 is 5.32 Å². The van der Waals surface area contributed by atoms with Gasteiger partial charge in [0.1, 0.15) is 17.1 Å². The Balaban J connectivity index is 2.04. The predicted octanol–water partition coefficient (Wildman–Crippen LogP) is 3.79. The fourth-order valence-corrected chi connectivity index (χ4v) is 2.25. The molecule has 126 valence electrons. The molecule has 0 spiro atoms. The van der Waals surface area contributed by atoms with Crippen LogP contribution in [0.3, 0.4) is 0 Å². The average molecular weight is 396 g/mol. The normalized spacial score (nSPS) is 11.7. The molecule has 2 aromatic rings. The van der Waals surface area contributed by atoms with Gasteiger partial charge in [0.25, 0.3) is 5.91 Å². The number of nitrogens with one attached hydrogen (secondary N) is 1. The summed E-state index contributed by atoms with van der Waals surface area (Å²) in [5.41, 5.74) is 0.708. The number of amides is 1. The maximum Gasteiger partial charge on any atom is 0.342 e. The summed E-state index contributed by atoms with van der Waals surface area (Å²) in [7, 11) is 0. The zero-order valence-corrected chi connectivity index (χ0v) is 14.6. The summed E-state index contributed by atoms with van der Waals surface area (Å²) in [6.45, 7) is 3.12. The van der Waals surface area contributed by atoms with Crippen molar-refractivity contribution in [2.75, 3.05) is 5.32 Å². The van der Waals surface area contributed by atoms with E-state index >= 15 is 0 Å². The minimum absolute atomic E-state index is 0.0238. The first-order valence-corrected chi connectivity index (χ1v) is 7.83. The number of hydrogen-bond donors (Lipinski definition) is 2. The van der Waals surface area contributed by atoms with Gasteiger partial charge in [-0.3, -0.25) is 4.79 Å². The summed E-state index contributed by atoms with van der Waals surface area (Å²) in [6, 6.07) is 8.62. The summed E-state index contributed by atoms with van der Waals surface area (Å²) in [4.78, 5) is 24.0. The van der Waals surface area contributed by atoms with E-state index in [0.29, 0.717) is 4.47 Å². The Morgan fingerprint density at radius 2 is 1.96 bits per heavy atom. The minimum Gasteiger partial charge on any atom is -0.507 e. The lowest BCUT2D eigenvalue weighted by molar-refractivity contribution is -0.123. The Kier molecular flexibility index (Phi) is 5.56. The SMILES string of the molecule is Cc1ccc(C(=O)O[C@@H](C)C(=O)Nc2ccc(Br)cc2F)c(O)c1. The number of hydrogen-bond acceptors (Lipinski definition) is 4. The van der Waals surface area contributed by atoms with Crippen molar-refractivity contribution in [1.29, 1.82) is 0 Å². The highest BCUT2D eigenvalue weighted by Gasteiger charge is 2.21. The van der Waals surface area contributed by atoms with E-state index in [2.05, 4.69) is 21.2 Å². The molecule has 0 fully saturated rings. The van der Waals surface area contributed by atoms with E-state index in [1.165, 1.54) is 31.2 Å². The molecule has 0 bridgehead atoms. The molecule has 0 heterocycles. The highest BCUT2D eigenvalue weighted by atomic mass is 79.9. The molecule has 0 aromatic heterocycles. The van der Waals surface area contributed by atoms with Gasteiger partial charge in [-0.15, -0.1) is 0 Å². The number of ether oxygens (including phenoxy) is 1. The first kappa shape index (κ1) is 17.9. The van der Waals surface area contributed by atoms with Gasteiger partial charge in [0.2, 0.25) is 0 Å². The molecule has 5 nitrogen and oxygen atoms in total. The molecule has 0 radical (unpaired) electrons. The van der Waals surface area contributed by atoms with Crippen LogP contribution in [0.4, 0.5) is 10.1 Å². The van der Waals surface area contributed by atoms with E-state index < -0.39 is 23.8 Å². The van der Waals surface area contributed by atoms with Crippen molar-refractivity contribution >= 4 is 33.5 Å². The van der Waals surface area contributed by atoms with Gasteiger partial charge in [0.15, 0.2) is 6.10 Å². The maximum atomic E-state index is 13.7. The largest absolute Gasteiger partial charge is 0.507 e. The smallest absolute Gasteiger partial charge is 0.342 e. The van der Waals surface area contributed by atoms with Crippen molar-refractivity contribution in [3.8, 4) is 5.75 Å². The molecule has 24 heavy (non-hydrogen) atoms. The van der Waals surface area contributed by atoms with E-state index in [0.717, 1.165) is 5.56 Å². The molecule has 2 rings (SSSR count).